The van der Waals surface area contributed by atoms with Gasteiger partial charge in [0.05, 0.1) is 5.69 Å². The van der Waals surface area contributed by atoms with E-state index in [0.717, 1.165) is 19.5 Å². The van der Waals surface area contributed by atoms with Crippen molar-refractivity contribution in [2.75, 3.05) is 18.4 Å². The first-order valence-corrected chi connectivity index (χ1v) is 6.28. The molecule has 0 spiro atoms. The molecular formula is C12H19FN4. The van der Waals surface area contributed by atoms with Crippen molar-refractivity contribution < 1.29 is 4.39 Å². The fourth-order valence-corrected chi connectivity index (χ4v) is 2.09. The zero-order chi connectivity index (χ0) is 12.1. The highest BCUT2D eigenvalue weighted by atomic mass is 19.1. The van der Waals surface area contributed by atoms with Crippen LogP contribution in [0, 0.1) is 5.82 Å². The molecule has 1 aliphatic heterocycles. The molecule has 1 fully saturated rings. The molecule has 0 aromatic carbocycles. The molecule has 1 saturated heterocycles. The van der Waals surface area contributed by atoms with E-state index in [1.54, 1.807) is 0 Å². The van der Waals surface area contributed by atoms with Crippen molar-refractivity contribution in [3.8, 4) is 0 Å². The summed E-state index contributed by atoms with van der Waals surface area (Å²) in [7, 11) is 0. The van der Waals surface area contributed by atoms with E-state index < -0.39 is 0 Å². The Bertz CT molecular complexity index is 364. The predicted molar refractivity (Wildman–Crippen MR) is 65.5 cm³/mol. The maximum Gasteiger partial charge on any atom is 0.186 e. The van der Waals surface area contributed by atoms with Gasteiger partial charge in [-0.25, -0.2) is 14.4 Å². The first-order valence-electron chi connectivity index (χ1n) is 6.28. The number of rotatable bonds is 4. The maximum atomic E-state index is 13.8. The van der Waals surface area contributed by atoms with Gasteiger partial charge in [0.1, 0.15) is 6.33 Å². The minimum absolute atomic E-state index is 0.314. The molecule has 94 valence electrons. The highest BCUT2D eigenvalue weighted by Gasteiger charge is 2.14. The van der Waals surface area contributed by atoms with Gasteiger partial charge in [-0.3, -0.25) is 0 Å². The summed E-state index contributed by atoms with van der Waals surface area (Å²) in [5.74, 6) is 0.00929. The molecule has 5 heteroatoms. The monoisotopic (exact) mass is 238 g/mol. The topological polar surface area (TPSA) is 49.8 Å². The quantitative estimate of drug-likeness (QED) is 0.838. The van der Waals surface area contributed by atoms with E-state index in [-0.39, 0.29) is 5.82 Å². The summed E-state index contributed by atoms with van der Waals surface area (Å²) >= 11 is 0. The maximum absolute atomic E-state index is 13.8. The first-order chi connectivity index (χ1) is 8.31. The average molecular weight is 238 g/mol. The smallest absolute Gasteiger partial charge is 0.186 e. The number of hydrogen-bond donors (Lipinski definition) is 2. The molecule has 0 bridgehead atoms. The van der Waals surface area contributed by atoms with Gasteiger partial charge in [0.2, 0.25) is 0 Å². The lowest BCUT2D eigenvalue weighted by Gasteiger charge is -2.23. The Morgan fingerprint density at radius 3 is 3.06 bits per heavy atom. The van der Waals surface area contributed by atoms with Crippen LogP contribution in [0.3, 0.4) is 0 Å². The Morgan fingerprint density at radius 1 is 1.47 bits per heavy atom. The molecule has 2 N–H and O–H groups in total. The van der Waals surface area contributed by atoms with Gasteiger partial charge in [0.15, 0.2) is 11.6 Å². The van der Waals surface area contributed by atoms with Crippen LogP contribution in [0.4, 0.5) is 10.2 Å². The Labute approximate surface area is 101 Å². The van der Waals surface area contributed by atoms with E-state index in [9.17, 15) is 4.39 Å². The largest absolute Gasteiger partial charge is 0.366 e. The third-order valence-corrected chi connectivity index (χ3v) is 3.12. The Kier molecular flexibility index (Phi) is 4.25. The summed E-state index contributed by atoms with van der Waals surface area (Å²) in [5.41, 5.74) is 0.471. The number of aromatic nitrogens is 2. The van der Waals surface area contributed by atoms with Crippen molar-refractivity contribution in [1.29, 1.82) is 0 Å². The van der Waals surface area contributed by atoms with Gasteiger partial charge >= 0.3 is 0 Å². The molecule has 2 rings (SSSR count). The van der Waals surface area contributed by atoms with E-state index in [4.69, 9.17) is 0 Å². The second-order valence-electron chi connectivity index (χ2n) is 4.36. The molecule has 1 aromatic heterocycles. The van der Waals surface area contributed by atoms with E-state index in [0.29, 0.717) is 24.0 Å². The number of nitrogens with one attached hydrogen (secondary N) is 2. The molecule has 0 aliphatic carbocycles. The molecule has 2 heterocycles. The molecule has 0 radical (unpaired) electrons. The van der Waals surface area contributed by atoms with E-state index >= 15 is 0 Å². The summed E-state index contributed by atoms with van der Waals surface area (Å²) < 4.78 is 13.8. The fraction of sp³-hybridized carbons (Fsp3) is 0.667. The molecule has 0 amide bonds. The Morgan fingerprint density at radius 2 is 2.35 bits per heavy atom. The minimum atomic E-state index is -0.314. The van der Waals surface area contributed by atoms with Gasteiger partial charge in [-0.2, -0.15) is 0 Å². The fourth-order valence-electron chi connectivity index (χ4n) is 2.09. The van der Waals surface area contributed by atoms with Gasteiger partial charge in [-0.15, -0.1) is 0 Å². The minimum Gasteiger partial charge on any atom is -0.366 e. The van der Waals surface area contributed by atoms with Gasteiger partial charge in [-0.05, 0) is 25.8 Å². The Balaban J connectivity index is 1.93. The lowest BCUT2D eigenvalue weighted by molar-refractivity contribution is 0.413. The van der Waals surface area contributed by atoms with Crippen LogP contribution in [0.5, 0.6) is 0 Å². The van der Waals surface area contributed by atoms with Crippen LogP contribution in [0.1, 0.15) is 31.9 Å². The van der Waals surface area contributed by atoms with Crippen molar-refractivity contribution in [3.05, 3.63) is 17.8 Å². The van der Waals surface area contributed by atoms with E-state index in [1.807, 2.05) is 6.92 Å². The zero-order valence-electron chi connectivity index (χ0n) is 10.2. The average Bonchev–Trinajstić information content (AvgIpc) is 2.39. The van der Waals surface area contributed by atoms with Crippen molar-refractivity contribution in [2.45, 2.75) is 38.6 Å². The lowest BCUT2D eigenvalue weighted by atomic mass is 10.1. The van der Waals surface area contributed by atoms with Crippen LogP contribution in [0.15, 0.2) is 6.33 Å². The molecular weight excluding hydrogens is 219 g/mol. The SMILES string of the molecule is CCc1ncnc(NCC2CCCCN2)c1F. The summed E-state index contributed by atoms with van der Waals surface area (Å²) in [4.78, 5) is 7.86. The summed E-state index contributed by atoms with van der Waals surface area (Å²) in [6.07, 6.45) is 5.62. The van der Waals surface area contributed by atoms with Crippen molar-refractivity contribution >= 4 is 5.82 Å². The summed E-state index contributed by atoms with van der Waals surface area (Å²) in [5, 5.41) is 6.48. The van der Waals surface area contributed by atoms with E-state index in [2.05, 4.69) is 20.6 Å². The summed E-state index contributed by atoms with van der Waals surface area (Å²) in [6.45, 7) is 3.66. The normalized spacial score (nSPS) is 20.2. The predicted octanol–water partition coefficient (Wildman–Crippen LogP) is 1.73. The van der Waals surface area contributed by atoms with Gasteiger partial charge < -0.3 is 10.6 Å². The molecule has 0 saturated carbocycles. The number of piperidine rings is 1. The highest BCUT2D eigenvalue weighted by molar-refractivity contribution is 5.37. The molecule has 17 heavy (non-hydrogen) atoms. The van der Waals surface area contributed by atoms with Crippen LogP contribution in [-0.4, -0.2) is 29.1 Å². The third kappa shape index (κ3) is 3.12. The molecule has 1 aliphatic rings. The molecule has 1 unspecified atom stereocenters. The number of aryl methyl sites for hydroxylation is 1. The third-order valence-electron chi connectivity index (χ3n) is 3.12. The van der Waals surface area contributed by atoms with Gasteiger partial charge in [0, 0.05) is 12.6 Å². The lowest BCUT2D eigenvalue weighted by Crippen LogP contribution is -2.39. The van der Waals surface area contributed by atoms with E-state index in [1.165, 1.54) is 19.2 Å². The molecule has 1 aromatic rings. The van der Waals surface area contributed by atoms with Crippen LogP contribution >= 0.6 is 0 Å². The molecule has 4 nitrogen and oxygen atoms in total. The number of nitrogens with zero attached hydrogens (tertiary/aromatic N) is 2. The van der Waals surface area contributed by atoms with Crippen molar-refractivity contribution in [1.82, 2.24) is 15.3 Å². The summed E-state index contributed by atoms with van der Waals surface area (Å²) in [6, 6.07) is 0.420. The van der Waals surface area contributed by atoms with Crippen molar-refractivity contribution in [3.63, 3.8) is 0 Å². The van der Waals surface area contributed by atoms with Crippen molar-refractivity contribution in [2.24, 2.45) is 0 Å². The second-order valence-corrected chi connectivity index (χ2v) is 4.36. The van der Waals surface area contributed by atoms with Crippen LogP contribution < -0.4 is 10.6 Å². The van der Waals surface area contributed by atoms with Crippen LogP contribution in [0.25, 0.3) is 0 Å². The standard InChI is InChI=1S/C12H19FN4/c1-2-10-11(13)12(17-8-16-10)15-7-9-5-3-4-6-14-9/h8-9,14H,2-7H2,1H3,(H,15,16,17). The second kappa shape index (κ2) is 5.91. The number of anilines is 1. The zero-order valence-corrected chi connectivity index (χ0v) is 10.2. The van der Waals surface area contributed by atoms with Gasteiger partial charge in [0.25, 0.3) is 0 Å². The highest BCUT2D eigenvalue weighted by Crippen LogP contribution is 2.14. The number of halogens is 1. The van der Waals surface area contributed by atoms with Crippen LogP contribution in [-0.2, 0) is 6.42 Å². The number of hydrogen-bond acceptors (Lipinski definition) is 4. The Hall–Kier alpha value is -1.23. The van der Waals surface area contributed by atoms with Crippen LogP contribution in [0.2, 0.25) is 0 Å². The van der Waals surface area contributed by atoms with Gasteiger partial charge in [-0.1, -0.05) is 13.3 Å². The molecule has 1 atom stereocenters. The first kappa shape index (κ1) is 12.2.